The van der Waals surface area contributed by atoms with Crippen LogP contribution in [0.2, 0.25) is 0 Å². The van der Waals surface area contributed by atoms with E-state index < -0.39 is 17.6 Å². The highest BCUT2D eigenvalue weighted by atomic mass is 16.6. The average molecular weight is 225 g/mol. The Balaban J connectivity index is 2.14. The van der Waals surface area contributed by atoms with Crippen molar-refractivity contribution in [2.24, 2.45) is 11.8 Å². The van der Waals surface area contributed by atoms with E-state index in [1.165, 1.54) is 11.0 Å². The predicted octanol–water partition coefficient (Wildman–Crippen LogP) is 1.10. The number of amides is 1. The zero-order valence-electron chi connectivity index (χ0n) is 9.18. The molecule has 1 saturated carbocycles. The van der Waals surface area contributed by atoms with Crippen LogP contribution in [0.15, 0.2) is 12.7 Å². The van der Waals surface area contributed by atoms with Gasteiger partial charge in [-0.3, -0.25) is 4.90 Å². The highest BCUT2D eigenvalue weighted by Gasteiger charge is 2.68. The summed E-state index contributed by atoms with van der Waals surface area (Å²) in [6, 6.07) is 0. The summed E-state index contributed by atoms with van der Waals surface area (Å²) in [6.07, 6.45) is 1.47. The van der Waals surface area contributed by atoms with Crippen molar-refractivity contribution in [3.63, 3.8) is 0 Å². The molecule has 0 spiro atoms. The molecule has 0 aromatic rings. The molecule has 0 unspecified atom stereocenters. The van der Waals surface area contributed by atoms with Crippen LogP contribution in [0.4, 0.5) is 4.79 Å². The summed E-state index contributed by atoms with van der Waals surface area (Å²) >= 11 is 0. The molecule has 88 valence electrons. The van der Waals surface area contributed by atoms with Gasteiger partial charge in [0.25, 0.3) is 0 Å². The van der Waals surface area contributed by atoms with Gasteiger partial charge in [-0.25, -0.2) is 9.59 Å². The van der Waals surface area contributed by atoms with E-state index in [9.17, 15) is 14.7 Å². The molecule has 2 saturated heterocycles. The number of carbonyl (C=O) groups excluding carboxylic acids is 1. The third kappa shape index (κ3) is 1.17. The van der Waals surface area contributed by atoms with E-state index in [0.29, 0.717) is 18.9 Å². The van der Waals surface area contributed by atoms with Gasteiger partial charge in [0.05, 0.1) is 0 Å². The molecule has 5 nitrogen and oxygen atoms in total. The fourth-order valence-electron chi connectivity index (χ4n) is 2.81. The molecule has 0 aromatic carbocycles. The number of rotatable bonds is 3. The van der Waals surface area contributed by atoms with Crippen molar-refractivity contribution in [3.05, 3.63) is 12.7 Å². The second kappa shape index (κ2) is 3.50. The lowest BCUT2D eigenvalue weighted by atomic mass is 9.64. The monoisotopic (exact) mass is 225 g/mol. The normalized spacial score (nSPS) is 35.4. The van der Waals surface area contributed by atoms with Crippen molar-refractivity contribution in [1.29, 1.82) is 0 Å². The zero-order valence-corrected chi connectivity index (χ0v) is 9.18. The third-order valence-corrected chi connectivity index (χ3v) is 3.85. The maximum absolute atomic E-state index is 11.7. The van der Waals surface area contributed by atoms with Gasteiger partial charge in [-0.05, 0) is 18.3 Å². The first-order chi connectivity index (χ1) is 7.54. The zero-order chi connectivity index (χ0) is 11.9. The Morgan fingerprint density at radius 2 is 2.38 bits per heavy atom. The minimum Gasteiger partial charge on any atom is -0.479 e. The van der Waals surface area contributed by atoms with Gasteiger partial charge < -0.3 is 9.84 Å². The summed E-state index contributed by atoms with van der Waals surface area (Å²) < 4.78 is 4.90. The fourth-order valence-corrected chi connectivity index (χ4v) is 2.81. The van der Waals surface area contributed by atoms with Crippen LogP contribution in [0.3, 0.4) is 0 Å². The maximum atomic E-state index is 11.7. The fraction of sp³-hybridized carbons (Fsp3) is 0.636. The van der Waals surface area contributed by atoms with Gasteiger partial charge in [-0.1, -0.05) is 19.6 Å². The van der Waals surface area contributed by atoms with Gasteiger partial charge in [0.2, 0.25) is 0 Å². The number of carboxylic acid groups (broad SMARTS) is 1. The van der Waals surface area contributed by atoms with Crippen LogP contribution < -0.4 is 0 Å². The van der Waals surface area contributed by atoms with E-state index in [4.69, 9.17) is 4.74 Å². The Labute approximate surface area is 93.7 Å². The van der Waals surface area contributed by atoms with E-state index in [0.717, 1.165) is 0 Å². The van der Waals surface area contributed by atoms with Gasteiger partial charge in [0, 0.05) is 6.54 Å². The lowest BCUT2D eigenvalue weighted by Crippen LogP contribution is -2.59. The van der Waals surface area contributed by atoms with Crippen LogP contribution in [-0.4, -0.2) is 40.8 Å². The molecule has 16 heavy (non-hydrogen) atoms. The predicted molar refractivity (Wildman–Crippen MR) is 55.9 cm³/mol. The molecular weight excluding hydrogens is 210 g/mol. The lowest BCUT2D eigenvalue weighted by molar-refractivity contribution is -0.156. The number of nitrogens with zero attached hydrogens (tertiary/aromatic N) is 1. The van der Waals surface area contributed by atoms with Gasteiger partial charge in [-0.15, -0.1) is 0 Å². The molecule has 3 atom stereocenters. The molecule has 1 aliphatic carbocycles. The van der Waals surface area contributed by atoms with Crippen LogP contribution in [0.25, 0.3) is 0 Å². The Hall–Kier alpha value is -1.52. The summed E-state index contributed by atoms with van der Waals surface area (Å²) in [7, 11) is 0. The summed E-state index contributed by atoms with van der Waals surface area (Å²) in [5.74, 6) is -0.613. The molecular formula is C11H15NO4. The molecule has 3 rings (SSSR count). The average Bonchev–Trinajstić information content (AvgIpc) is 2.78. The quantitative estimate of drug-likeness (QED) is 0.730. The summed E-state index contributed by atoms with van der Waals surface area (Å²) in [6.45, 7) is 5.93. The van der Waals surface area contributed by atoms with Crippen LogP contribution in [-0.2, 0) is 9.53 Å². The topological polar surface area (TPSA) is 66.8 Å². The lowest BCUT2D eigenvalue weighted by Gasteiger charge is -2.43. The smallest absolute Gasteiger partial charge is 0.411 e. The summed E-state index contributed by atoms with van der Waals surface area (Å²) in [4.78, 5) is 24.3. The van der Waals surface area contributed by atoms with Crippen LogP contribution in [0, 0.1) is 11.8 Å². The Morgan fingerprint density at radius 3 is 2.88 bits per heavy atom. The number of ether oxygens (including phenoxy) is 1. The molecule has 1 amide bonds. The van der Waals surface area contributed by atoms with Gasteiger partial charge in [-0.2, -0.15) is 0 Å². The number of aliphatic carboxylic acids is 1. The summed E-state index contributed by atoms with van der Waals surface area (Å²) in [5, 5.41) is 9.26. The molecule has 0 aromatic heterocycles. The number of carboxylic acids is 1. The largest absolute Gasteiger partial charge is 0.479 e. The molecule has 2 heterocycles. The van der Waals surface area contributed by atoms with Gasteiger partial charge >= 0.3 is 12.1 Å². The minimum absolute atomic E-state index is 0.0151. The molecule has 3 aliphatic rings. The first kappa shape index (κ1) is 11.0. The first-order valence-corrected chi connectivity index (χ1v) is 5.32. The van der Waals surface area contributed by atoms with E-state index in [1.54, 1.807) is 0 Å². The SMILES string of the molecule is C=CCOC(=O)N1C[C@@H]2C[C@@]1(C(=O)O)[C@@H]2C. The Morgan fingerprint density at radius 1 is 1.69 bits per heavy atom. The third-order valence-electron chi connectivity index (χ3n) is 3.85. The minimum atomic E-state index is -1.02. The van der Waals surface area contributed by atoms with Crippen LogP contribution >= 0.6 is 0 Å². The van der Waals surface area contributed by atoms with E-state index in [2.05, 4.69) is 6.58 Å². The Kier molecular flexibility index (Phi) is 2.40. The number of hydrogen-bond donors (Lipinski definition) is 1. The van der Waals surface area contributed by atoms with Gasteiger partial charge in [0.1, 0.15) is 12.1 Å². The van der Waals surface area contributed by atoms with Gasteiger partial charge in [0.15, 0.2) is 0 Å². The summed E-state index contributed by atoms with van der Waals surface area (Å²) in [5.41, 5.74) is -1.02. The Bertz CT molecular complexity index is 354. The van der Waals surface area contributed by atoms with E-state index in [-0.39, 0.29) is 12.5 Å². The second-order valence-corrected chi connectivity index (χ2v) is 4.46. The van der Waals surface area contributed by atoms with Crippen LogP contribution in [0.5, 0.6) is 0 Å². The van der Waals surface area contributed by atoms with Crippen molar-refractivity contribution >= 4 is 12.1 Å². The first-order valence-electron chi connectivity index (χ1n) is 5.32. The van der Waals surface area contributed by atoms with Crippen molar-refractivity contribution in [2.45, 2.75) is 18.9 Å². The number of fused-ring (bicyclic) bond motifs is 1. The highest BCUT2D eigenvalue weighted by molar-refractivity contribution is 5.87. The van der Waals surface area contributed by atoms with Crippen molar-refractivity contribution in [2.75, 3.05) is 13.2 Å². The van der Waals surface area contributed by atoms with Crippen LogP contribution in [0.1, 0.15) is 13.3 Å². The molecule has 2 bridgehead atoms. The molecule has 0 radical (unpaired) electrons. The second-order valence-electron chi connectivity index (χ2n) is 4.46. The molecule has 5 heteroatoms. The van der Waals surface area contributed by atoms with E-state index in [1.807, 2.05) is 6.92 Å². The van der Waals surface area contributed by atoms with Crippen molar-refractivity contribution in [3.8, 4) is 0 Å². The van der Waals surface area contributed by atoms with E-state index >= 15 is 0 Å². The molecule has 3 fully saturated rings. The molecule has 2 aliphatic heterocycles. The number of hydrogen-bond acceptors (Lipinski definition) is 3. The number of carbonyl (C=O) groups is 2. The van der Waals surface area contributed by atoms with Crippen molar-refractivity contribution < 1.29 is 19.4 Å². The molecule has 1 N–H and O–H groups in total. The maximum Gasteiger partial charge on any atom is 0.411 e. The highest BCUT2D eigenvalue weighted by Crippen LogP contribution is 2.55. The van der Waals surface area contributed by atoms with Crippen molar-refractivity contribution in [1.82, 2.24) is 4.90 Å². The standard InChI is InChI=1S/C11H15NO4/c1-3-4-16-10(15)12-6-8-5-11(12,7(8)2)9(13)14/h3,7-8H,1,4-6H2,2H3,(H,13,14)/t7-,8+,11+/m1/s1.